The minimum Gasteiger partial charge on any atom is -0.347 e. The molecule has 4 rings (SSSR count). The van der Waals surface area contributed by atoms with Gasteiger partial charge in [0.15, 0.2) is 11.5 Å². The number of tetrazole rings is 1. The van der Waals surface area contributed by atoms with Gasteiger partial charge in [-0.15, -0.1) is 20.4 Å². The molecule has 9 nitrogen and oxygen atoms in total. The van der Waals surface area contributed by atoms with Gasteiger partial charge in [-0.05, 0) is 41.6 Å². The van der Waals surface area contributed by atoms with E-state index >= 15 is 0 Å². The zero-order valence-corrected chi connectivity index (χ0v) is 14.2. The van der Waals surface area contributed by atoms with Crippen LogP contribution >= 0.6 is 11.6 Å². The molecule has 10 heteroatoms. The van der Waals surface area contributed by atoms with Crippen LogP contribution in [0, 0.1) is 0 Å². The summed E-state index contributed by atoms with van der Waals surface area (Å²) in [6, 6.07) is 12.7. The Morgan fingerprint density at radius 2 is 1.92 bits per heavy atom. The maximum absolute atomic E-state index is 12.1. The summed E-state index contributed by atoms with van der Waals surface area (Å²) >= 11 is 5.86. The molecule has 0 aliphatic rings. The fraction of sp³-hybridized carbons (Fsp3) is 0.125. The third-order valence-corrected chi connectivity index (χ3v) is 3.92. The fourth-order valence-electron chi connectivity index (χ4n) is 2.40. The number of nitrogens with one attached hydrogen (secondary N) is 1. The average Bonchev–Trinajstić information content (AvgIpc) is 3.28. The lowest BCUT2D eigenvalue weighted by atomic mass is 10.2. The summed E-state index contributed by atoms with van der Waals surface area (Å²) in [6.07, 6.45) is 1.84. The van der Waals surface area contributed by atoms with E-state index in [1.165, 1.54) is 4.80 Å². The Kier molecular flexibility index (Phi) is 4.28. The first-order chi connectivity index (χ1) is 12.7. The molecule has 3 heterocycles. The van der Waals surface area contributed by atoms with Crippen LogP contribution in [0.1, 0.15) is 5.82 Å². The first-order valence-corrected chi connectivity index (χ1v) is 8.16. The molecular formula is C16H13ClN8O. The molecule has 0 bridgehead atoms. The summed E-state index contributed by atoms with van der Waals surface area (Å²) in [5.41, 5.74) is 1.50. The van der Waals surface area contributed by atoms with Crippen LogP contribution in [-0.2, 0) is 17.9 Å². The Hall–Kier alpha value is -3.33. The van der Waals surface area contributed by atoms with E-state index in [0.29, 0.717) is 16.7 Å². The molecule has 1 amide bonds. The van der Waals surface area contributed by atoms with Crippen molar-refractivity contribution in [1.82, 2.24) is 40.1 Å². The van der Waals surface area contributed by atoms with Crippen molar-refractivity contribution in [2.24, 2.45) is 0 Å². The van der Waals surface area contributed by atoms with Crippen molar-refractivity contribution in [2.45, 2.75) is 13.1 Å². The highest BCUT2D eigenvalue weighted by Gasteiger charge is 2.11. The highest BCUT2D eigenvalue weighted by Crippen LogP contribution is 2.16. The molecule has 0 saturated carbocycles. The van der Waals surface area contributed by atoms with E-state index in [2.05, 4.69) is 30.9 Å². The molecule has 0 aliphatic heterocycles. The maximum atomic E-state index is 12.1. The molecule has 0 atom stereocenters. The van der Waals surface area contributed by atoms with Crippen LogP contribution in [0.2, 0.25) is 5.02 Å². The number of halogens is 1. The molecule has 3 aromatic heterocycles. The monoisotopic (exact) mass is 368 g/mol. The third-order valence-electron chi connectivity index (χ3n) is 3.67. The number of carbonyl (C=O) groups is 1. The molecule has 1 N–H and O–H groups in total. The molecule has 130 valence electrons. The van der Waals surface area contributed by atoms with Gasteiger partial charge in [0.25, 0.3) is 0 Å². The van der Waals surface area contributed by atoms with Crippen molar-refractivity contribution in [2.75, 3.05) is 0 Å². The average molecular weight is 369 g/mol. The second-order valence-electron chi connectivity index (χ2n) is 5.47. The van der Waals surface area contributed by atoms with E-state index in [9.17, 15) is 4.79 Å². The highest BCUT2D eigenvalue weighted by molar-refractivity contribution is 6.30. The SMILES string of the molecule is O=C(Cn1nnc(-c2ccc(Cl)cc2)n1)NCc1nnc2ccccn12. The number of benzene rings is 1. The van der Waals surface area contributed by atoms with Gasteiger partial charge in [0, 0.05) is 16.8 Å². The van der Waals surface area contributed by atoms with Gasteiger partial charge >= 0.3 is 0 Å². The number of hydrogen-bond acceptors (Lipinski definition) is 6. The summed E-state index contributed by atoms with van der Waals surface area (Å²) in [5.74, 6) is 0.818. The van der Waals surface area contributed by atoms with Crippen molar-refractivity contribution in [3.63, 3.8) is 0 Å². The number of carbonyl (C=O) groups excluding carboxylic acids is 1. The van der Waals surface area contributed by atoms with Gasteiger partial charge in [0.1, 0.15) is 6.54 Å². The Bertz CT molecular complexity index is 1060. The summed E-state index contributed by atoms with van der Waals surface area (Å²) in [5, 5.41) is 23.6. The van der Waals surface area contributed by atoms with Gasteiger partial charge < -0.3 is 5.32 Å². The van der Waals surface area contributed by atoms with Crippen LogP contribution in [0.3, 0.4) is 0 Å². The molecule has 26 heavy (non-hydrogen) atoms. The zero-order valence-electron chi connectivity index (χ0n) is 13.4. The molecule has 0 spiro atoms. The topological polar surface area (TPSA) is 103 Å². The largest absolute Gasteiger partial charge is 0.347 e. The van der Waals surface area contributed by atoms with Crippen LogP contribution in [0.15, 0.2) is 48.7 Å². The number of nitrogens with zero attached hydrogens (tertiary/aromatic N) is 7. The highest BCUT2D eigenvalue weighted by atomic mass is 35.5. The molecular weight excluding hydrogens is 356 g/mol. The fourth-order valence-corrected chi connectivity index (χ4v) is 2.52. The predicted octanol–water partition coefficient (Wildman–Crippen LogP) is 1.35. The van der Waals surface area contributed by atoms with Gasteiger partial charge in [0.05, 0.1) is 6.54 Å². The Morgan fingerprint density at radius 3 is 2.77 bits per heavy atom. The number of pyridine rings is 1. The second kappa shape index (κ2) is 6.89. The molecule has 0 aliphatic carbocycles. The van der Waals surface area contributed by atoms with Crippen molar-refractivity contribution >= 4 is 23.2 Å². The normalized spacial score (nSPS) is 11.0. The smallest absolute Gasteiger partial charge is 0.244 e. The molecule has 0 radical (unpaired) electrons. The number of rotatable bonds is 5. The minimum atomic E-state index is -0.252. The Balaban J connectivity index is 1.38. The predicted molar refractivity (Wildman–Crippen MR) is 93.1 cm³/mol. The van der Waals surface area contributed by atoms with E-state index in [-0.39, 0.29) is 19.0 Å². The van der Waals surface area contributed by atoms with Gasteiger partial charge in [-0.3, -0.25) is 9.20 Å². The standard InChI is InChI=1S/C16H13ClN8O/c17-12-6-4-11(5-7-12)16-21-23-25(22-16)10-15(26)18-9-14-20-19-13-3-1-2-8-24(13)14/h1-8H,9-10H2,(H,18,26). The second-order valence-corrected chi connectivity index (χ2v) is 5.91. The third kappa shape index (κ3) is 3.38. The molecule has 1 aromatic carbocycles. The van der Waals surface area contributed by atoms with E-state index < -0.39 is 0 Å². The summed E-state index contributed by atoms with van der Waals surface area (Å²) in [6.45, 7) is 0.208. The number of amides is 1. The van der Waals surface area contributed by atoms with Gasteiger partial charge in [-0.1, -0.05) is 17.7 Å². The van der Waals surface area contributed by atoms with Crippen LogP contribution in [-0.4, -0.2) is 40.7 Å². The quantitative estimate of drug-likeness (QED) is 0.570. The number of hydrogen-bond donors (Lipinski definition) is 1. The lowest BCUT2D eigenvalue weighted by Crippen LogP contribution is -2.28. The van der Waals surface area contributed by atoms with E-state index in [0.717, 1.165) is 11.2 Å². The van der Waals surface area contributed by atoms with E-state index in [1.807, 2.05) is 28.8 Å². The van der Waals surface area contributed by atoms with E-state index in [4.69, 9.17) is 11.6 Å². The number of fused-ring (bicyclic) bond motifs is 1. The van der Waals surface area contributed by atoms with Crippen molar-refractivity contribution in [3.05, 3.63) is 59.5 Å². The van der Waals surface area contributed by atoms with Gasteiger partial charge in [-0.2, -0.15) is 4.80 Å². The Morgan fingerprint density at radius 1 is 1.08 bits per heavy atom. The van der Waals surface area contributed by atoms with Crippen molar-refractivity contribution < 1.29 is 4.79 Å². The Labute approximate surface area is 152 Å². The summed E-state index contributed by atoms with van der Waals surface area (Å²) < 4.78 is 1.81. The molecule has 0 saturated heterocycles. The minimum absolute atomic E-state index is 0.0443. The number of aromatic nitrogens is 7. The van der Waals surface area contributed by atoms with Crippen LogP contribution < -0.4 is 5.32 Å². The lowest BCUT2D eigenvalue weighted by molar-refractivity contribution is -0.122. The van der Waals surface area contributed by atoms with Crippen molar-refractivity contribution in [1.29, 1.82) is 0 Å². The first-order valence-electron chi connectivity index (χ1n) is 7.78. The van der Waals surface area contributed by atoms with E-state index in [1.54, 1.807) is 24.3 Å². The molecule has 0 unspecified atom stereocenters. The zero-order chi connectivity index (χ0) is 17.9. The summed E-state index contributed by atoms with van der Waals surface area (Å²) in [7, 11) is 0. The first kappa shape index (κ1) is 16.2. The lowest BCUT2D eigenvalue weighted by Gasteiger charge is -2.03. The molecule has 0 fully saturated rings. The van der Waals surface area contributed by atoms with Gasteiger partial charge in [-0.25, -0.2) is 0 Å². The van der Waals surface area contributed by atoms with Crippen LogP contribution in [0.4, 0.5) is 0 Å². The van der Waals surface area contributed by atoms with Gasteiger partial charge in [0.2, 0.25) is 11.7 Å². The van der Waals surface area contributed by atoms with Crippen molar-refractivity contribution in [3.8, 4) is 11.4 Å². The molecule has 4 aromatic rings. The van der Waals surface area contributed by atoms with Crippen LogP contribution in [0.25, 0.3) is 17.0 Å². The van der Waals surface area contributed by atoms with Crippen LogP contribution in [0.5, 0.6) is 0 Å². The summed E-state index contributed by atoms with van der Waals surface area (Å²) in [4.78, 5) is 13.4. The maximum Gasteiger partial charge on any atom is 0.244 e.